The fraction of sp³-hybridized carbons (Fsp3) is 0.375. The molecule has 2 N–H and O–H groups in total. The molecule has 73 valence electrons. The third kappa shape index (κ3) is 2.08. The van der Waals surface area contributed by atoms with E-state index in [0.29, 0.717) is 10.8 Å². The molecule has 0 spiro atoms. The number of nitrogens with zero attached hydrogens (tertiary/aromatic N) is 2. The number of thiazole rings is 1. The zero-order chi connectivity index (χ0) is 9.97. The summed E-state index contributed by atoms with van der Waals surface area (Å²) in [6.45, 7) is 0. The SMILES string of the molecule is Nc1nc(/C([C]=O)=N/OC2CC2)cs1. The number of hydrogen-bond acceptors (Lipinski definition) is 6. The topological polar surface area (TPSA) is 77.6 Å². The van der Waals surface area contributed by atoms with Crippen LogP contribution in [-0.4, -0.2) is 23.1 Å². The summed E-state index contributed by atoms with van der Waals surface area (Å²) < 4.78 is 0. The predicted molar refractivity (Wildman–Crippen MR) is 52.9 cm³/mol. The molecule has 0 atom stereocenters. The maximum atomic E-state index is 10.5. The Balaban J connectivity index is 2.10. The van der Waals surface area contributed by atoms with Gasteiger partial charge in [0.05, 0.1) is 0 Å². The molecule has 14 heavy (non-hydrogen) atoms. The zero-order valence-corrected chi connectivity index (χ0v) is 8.08. The van der Waals surface area contributed by atoms with Crippen molar-refractivity contribution in [3.8, 4) is 0 Å². The van der Waals surface area contributed by atoms with E-state index in [1.165, 1.54) is 11.3 Å². The molecule has 1 radical (unpaired) electrons. The minimum absolute atomic E-state index is 0.0739. The van der Waals surface area contributed by atoms with Crippen molar-refractivity contribution in [1.82, 2.24) is 4.98 Å². The molecule has 0 aromatic carbocycles. The summed E-state index contributed by atoms with van der Waals surface area (Å²) in [5.74, 6) is 0. The molecule has 1 aromatic heterocycles. The number of hydrogen-bond donors (Lipinski definition) is 1. The third-order valence-electron chi connectivity index (χ3n) is 1.68. The molecule has 1 saturated carbocycles. The van der Waals surface area contributed by atoms with Gasteiger partial charge < -0.3 is 10.6 Å². The van der Waals surface area contributed by atoms with Crippen LogP contribution in [0.4, 0.5) is 5.13 Å². The molecular formula is C8H8N3O2S. The van der Waals surface area contributed by atoms with Crippen molar-refractivity contribution >= 4 is 28.5 Å². The largest absolute Gasteiger partial charge is 0.392 e. The van der Waals surface area contributed by atoms with E-state index in [1.54, 1.807) is 11.7 Å². The standard InChI is InChI=1S/C8H8N3O2S/c9-8-10-7(4-14-8)6(3-12)11-13-5-1-2-5/h4-5H,1-2H2,(H2,9,10)/b11-6+. The number of anilines is 1. The van der Waals surface area contributed by atoms with Crippen LogP contribution >= 0.6 is 11.3 Å². The maximum Gasteiger partial charge on any atom is 0.259 e. The van der Waals surface area contributed by atoms with Crippen molar-refractivity contribution in [2.75, 3.05) is 5.73 Å². The van der Waals surface area contributed by atoms with Crippen LogP contribution in [0, 0.1) is 0 Å². The van der Waals surface area contributed by atoms with E-state index in [1.807, 2.05) is 0 Å². The van der Waals surface area contributed by atoms with Gasteiger partial charge in [0.15, 0.2) is 10.8 Å². The summed E-state index contributed by atoms with van der Waals surface area (Å²) >= 11 is 1.25. The van der Waals surface area contributed by atoms with E-state index in [-0.39, 0.29) is 11.8 Å². The Morgan fingerprint density at radius 3 is 3.07 bits per heavy atom. The fourth-order valence-electron chi connectivity index (χ4n) is 0.815. The van der Waals surface area contributed by atoms with Crippen LogP contribution in [0.25, 0.3) is 0 Å². The zero-order valence-electron chi connectivity index (χ0n) is 7.27. The van der Waals surface area contributed by atoms with Gasteiger partial charge in [-0.15, -0.1) is 11.3 Å². The highest BCUT2D eigenvalue weighted by molar-refractivity contribution is 7.13. The molecule has 1 aliphatic carbocycles. The van der Waals surface area contributed by atoms with Crippen molar-refractivity contribution in [1.29, 1.82) is 0 Å². The van der Waals surface area contributed by atoms with Crippen LogP contribution in [0.1, 0.15) is 18.5 Å². The highest BCUT2D eigenvalue weighted by Gasteiger charge is 2.24. The van der Waals surface area contributed by atoms with E-state index in [2.05, 4.69) is 10.1 Å². The number of carbonyl (C=O) groups excluding carboxylic acids is 1. The number of nitrogens with two attached hydrogens (primary N) is 1. The van der Waals surface area contributed by atoms with Crippen LogP contribution in [0.15, 0.2) is 10.5 Å². The first-order valence-corrected chi connectivity index (χ1v) is 5.01. The minimum atomic E-state index is 0.0739. The summed E-state index contributed by atoms with van der Waals surface area (Å²) in [6, 6.07) is 0. The average molecular weight is 210 g/mol. The lowest BCUT2D eigenvalue weighted by Crippen LogP contribution is -2.04. The van der Waals surface area contributed by atoms with Crippen LogP contribution in [0.3, 0.4) is 0 Å². The Kier molecular flexibility index (Phi) is 2.45. The first-order valence-electron chi connectivity index (χ1n) is 4.13. The molecular weight excluding hydrogens is 202 g/mol. The molecule has 1 heterocycles. The second kappa shape index (κ2) is 3.75. The minimum Gasteiger partial charge on any atom is -0.392 e. The Morgan fingerprint density at radius 1 is 1.79 bits per heavy atom. The fourth-order valence-corrected chi connectivity index (χ4v) is 1.36. The van der Waals surface area contributed by atoms with Crippen LogP contribution in [-0.2, 0) is 9.63 Å². The molecule has 0 bridgehead atoms. The molecule has 1 aromatic rings. The third-order valence-corrected chi connectivity index (χ3v) is 2.35. The highest BCUT2D eigenvalue weighted by Crippen LogP contribution is 2.23. The van der Waals surface area contributed by atoms with Gasteiger partial charge in [-0.05, 0) is 12.8 Å². The van der Waals surface area contributed by atoms with Crippen LogP contribution < -0.4 is 5.73 Å². The Labute approximate surface area is 84.6 Å². The molecule has 6 heteroatoms. The van der Waals surface area contributed by atoms with E-state index >= 15 is 0 Å². The quantitative estimate of drug-likeness (QED) is 0.586. The second-order valence-corrected chi connectivity index (χ2v) is 3.81. The number of aromatic nitrogens is 1. The Hall–Kier alpha value is -1.43. The molecule has 0 aliphatic heterocycles. The maximum absolute atomic E-state index is 10.5. The smallest absolute Gasteiger partial charge is 0.259 e. The van der Waals surface area contributed by atoms with Gasteiger partial charge in [0.2, 0.25) is 0 Å². The van der Waals surface area contributed by atoms with E-state index in [9.17, 15) is 4.79 Å². The van der Waals surface area contributed by atoms with E-state index < -0.39 is 0 Å². The molecule has 5 nitrogen and oxygen atoms in total. The number of oxime groups is 1. The van der Waals surface area contributed by atoms with Gasteiger partial charge >= 0.3 is 0 Å². The molecule has 1 fully saturated rings. The lowest BCUT2D eigenvalue weighted by molar-refractivity contribution is 0.130. The van der Waals surface area contributed by atoms with Gasteiger partial charge in [-0.1, -0.05) is 5.16 Å². The summed E-state index contributed by atoms with van der Waals surface area (Å²) in [5.41, 5.74) is 5.91. The molecule has 2 rings (SSSR count). The van der Waals surface area contributed by atoms with Crippen molar-refractivity contribution < 1.29 is 9.63 Å². The van der Waals surface area contributed by atoms with E-state index in [4.69, 9.17) is 10.6 Å². The van der Waals surface area contributed by atoms with Gasteiger partial charge in [-0.2, -0.15) is 0 Å². The number of nitrogen functional groups attached to an aromatic ring is 1. The first kappa shape index (κ1) is 9.14. The molecule has 0 amide bonds. The lowest BCUT2D eigenvalue weighted by Gasteiger charge is -1.94. The normalized spacial score (nSPS) is 16.7. The van der Waals surface area contributed by atoms with Gasteiger partial charge in [0.1, 0.15) is 11.8 Å². The monoisotopic (exact) mass is 210 g/mol. The average Bonchev–Trinajstić information content (AvgIpc) is 2.90. The lowest BCUT2D eigenvalue weighted by atomic mass is 10.3. The summed E-state index contributed by atoms with van der Waals surface area (Å²) in [5, 5.41) is 5.72. The second-order valence-electron chi connectivity index (χ2n) is 2.92. The predicted octanol–water partition coefficient (Wildman–Crippen LogP) is 0.718. The molecule has 1 aliphatic rings. The molecule has 0 saturated heterocycles. The van der Waals surface area contributed by atoms with Crippen molar-refractivity contribution in [2.24, 2.45) is 5.16 Å². The van der Waals surface area contributed by atoms with E-state index in [0.717, 1.165) is 12.8 Å². The first-order chi connectivity index (χ1) is 6.79. The molecule has 0 unspecified atom stereocenters. The van der Waals surface area contributed by atoms with Crippen LogP contribution in [0.2, 0.25) is 0 Å². The summed E-state index contributed by atoms with van der Waals surface area (Å²) in [7, 11) is 0. The summed E-state index contributed by atoms with van der Waals surface area (Å²) in [6.07, 6.45) is 3.83. The van der Waals surface area contributed by atoms with Crippen molar-refractivity contribution in [3.05, 3.63) is 11.1 Å². The Bertz CT molecular complexity index is 370. The van der Waals surface area contributed by atoms with Gasteiger partial charge in [0.25, 0.3) is 6.29 Å². The summed E-state index contributed by atoms with van der Waals surface area (Å²) in [4.78, 5) is 19.5. The Morgan fingerprint density at radius 2 is 2.57 bits per heavy atom. The number of rotatable bonds is 4. The van der Waals surface area contributed by atoms with Gasteiger partial charge in [-0.3, -0.25) is 4.79 Å². The highest BCUT2D eigenvalue weighted by atomic mass is 32.1. The van der Waals surface area contributed by atoms with Crippen molar-refractivity contribution in [3.63, 3.8) is 0 Å². The van der Waals surface area contributed by atoms with Crippen LogP contribution in [0.5, 0.6) is 0 Å². The van der Waals surface area contributed by atoms with Gasteiger partial charge in [0, 0.05) is 5.38 Å². The van der Waals surface area contributed by atoms with Crippen molar-refractivity contribution in [2.45, 2.75) is 18.9 Å². The van der Waals surface area contributed by atoms with Gasteiger partial charge in [-0.25, -0.2) is 4.98 Å².